The zero-order valence-corrected chi connectivity index (χ0v) is 18.7. The lowest BCUT2D eigenvalue weighted by Crippen LogP contribution is -2.47. The Bertz CT molecular complexity index is 1090. The van der Waals surface area contributed by atoms with Crippen molar-refractivity contribution >= 4 is 5.91 Å². The Hall–Kier alpha value is -3.54. The maximum atomic E-state index is 13.4. The maximum absolute atomic E-state index is 13.4. The van der Waals surface area contributed by atoms with Gasteiger partial charge in [0.15, 0.2) is 23.0 Å². The average molecular weight is 463 g/mol. The molecule has 0 saturated carbocycles. The molecule has 6 nitrogen and oxygen atoms in total. The average Bonchev–Trinajstić information content (AvgIpc) is 2.81. The summed E-state index contributed by atoms with van der Waals surface area (Å²) in [5.41, 5.74) is 2.28. The Morgan fingerprint density at radius 2 is 1.55 bits per heavy atom. The van der Waals surface area contributed by atoms with Crippen LogP contribution in [0.2, 0.25) is 0 Å². The van der Waals surface area contributed by atoms with Gasteiger partial charge in [-0.05, 0) is 53.8 Å². The second kappa shape index (κ2) is 9.53. The van der Waals surface area contributed by atoms with Crippen LogP contribution in [-0.4, -0.2) is 52.0 Å². The van der Waals surface area contributed by atoms with Crippen molar-refractivity contribution in [1.82, 2.24) is 4.90 Å². The molecule has 0 bridgehead atoms. The fourth-order valence-corrected chi connectivity index (χ4v) is 4.09. The SMILES string of the molecule is C#Cc1cc(OC)c(OC)cc1C[C@@H]1c2cc(OC)c(OC)cc2CCN1C(=O)C(F)(F)F. The fraction of sp³-hybridized carbons (Fsp3) is 0.375. The van der Waals surface area contributed by atoms with Gasteiger partial charge in [0, 0.05) is 12.1 Å². The van der Waals surface area contributed by atoms with Gasteiger partial charge in [0.2, 0.25) is 0 Å². The molecule has 176 valence electrons. The van der Waals surface area contributed by atoms with Gasteiger partial charge in [0.25, 0.3) is 0 Å². The fourth-order valence-electron chi connectivity index (χ4n) is 4.09. The summed E-state index contributed by atoms with van der Waals surface area (Å²) in [5.74, 6) is 2.23. The van der Waals surface area contributed by atoms with Crippen molar-refractivity contribution in [2.75, 3.05) is 35.0 Å². The molecule has 0 fully saturated rings. The van der Waals surface area contributed by atoms with Gasteiger partial charge in [-0.25, -0.2) is 0 Å². The van der Waals surface area contributed by atoms with E-state index >= 15 is 0 Å². The van der Waals surface area contributed by atoms with Gasteiger partial charge in [0.1, 0.15) is 0 Å². The number of hydrogen-bond acceptors (Lipinski definition) is 5. The summed E-state index contributed by atoms with van der Waals surface area (Å²) in [7, 11) is 5.82. The van der Waals surface area contributed by atoms with Crippen molar-refractivity contribution in [3.8, 4) is 35.3 Å². The van der Waals surface area contributed by atoms with Crippen LogP contribution in [0.3, 0.4) is 0 Å². The number of benzene rings is 2. The van der Waals surface area contributed by atoms with E-state index in [0.29, 0.717) is 39.7 Å². The predicted octanol–water partition coefficient (Wildman–Crippen LogP) is 3.93. The molecule has 0 radical (unpaired) electrons. The highest BCUT2D eigenvalue weighted by Crippen LogP contribution is 2.42. The smallest absolute Gasteiger partial charge is 0.471 e. The van der Waals surface area contributed by atoms with E-state index in [0.717, 1.165) is 10.5 Å². The summed E-state index contributed by atoms with van der Waals surface area (Å²) in [6.07, 6.45) is 0.924. The number of amides is 1. The number of halogens is 3. The molecular formula is C24H24F3NO5. The monoisotopic (exact) mass is 463 g/mol. The molecule has 0 aliphatic carbocycles. The van der Waals surface area contributed by atoms with Gasteiger partial charge in [-0.1, -0.05) is 5.92 Å². The largest absolute Gasteiger partial charge is 0.493 e. The minimum atomic E-state index is -5.02. The number of fused-ring (bicyclic) bond motifs is 1. The van der Waals surface area contributed by atoms with E-state index in [1.54, 1.807) is 24.3 Å². The van der Waals surface area contributed by atoms with E-state index in [9.17, 15) is 18.0 Å². The zero-order valence-electron chi connectivity index (χ0n) is 18.7. The van der Waals surface area contributed by atoms with E-state index in [1.165, 1.54) is 28.4 Å². The van der Waals surface area contributed by atoms with Crippen LogP contribution in [0, 0.1) is 12.3 Å². The molecule has 0 spiro atoms. The van der Waals surface area contributed by atoms with E-state index in [1.807, 2.05) is 0 Å². The molecule has 0 N–H and O–H groups in total. The van der Waals surface area contributed by atoms with Crippen LogP contribution in [0.25, 0.3) is 0 Å². The van der Waals surface area contributed by atoms with E-state index in [4.69, 9.17) is 25.4 Å². The summed E-state index contributed by atoms with van der Waals surface area (Å²) >= 11 is 0. The molecule has 2 aromatic carbocycles. The van der Waals surface area contributed by atoms with Gasteiger partial charge >= 0.3 is 12.1 Å². The molecule has 0 aromatic heterocycles. The number of terminal acetylenes is 1. The molecule has 1 aliphatic heterocycles. The number of hydrogen-bond donors (Lipinski definition) is 0. The van der Waals surface area contributed by atoms with Gasteiger partial charge < -0.3 is 23.8 Å². The highest BCUT2D eigenvalue weighted by atomic mass is 19.4. The van der Waals surface area contributed by atoms with E-state index in [-0.39, 0.29) is 19.4 Å². The van der Waals surface area contributed by atoms with Crippen LogP contribution in [0.5, 0.6) is 23.0 Å². The van der Waals surface area contributed by atoms with Crippen molar-refractivity contribution in [3.05, 3.63) is 46.5 Å². The molecule has 2 aromatic rings. The number of carbonyl (C=O) groups is 1. The Morgan fingerprint density at radius 1 is 1.00 bits per heavy atom. The van der Waals surface area contributed by atoms with E-state index < -0.39 is 18.1 Å². The first kappa shape index (κ1) is 24.1. The van der Waals surface area contributed by atoms with Crippen LogP contribution >= 0.6 is 0 Å². The Kier molecular flexibility index (Phi) is 6.96. The molecule has 0 saturated heterocycles. The summed E-state index contributed by atoms with van der Waals surface area (Å²) in [5, 5.41) is 0. The standard InChI is InChI=1S/C24H24F3NO5/c1-6-14-10-19(30-2)21(32-4)12-16(14)9-18-17-13-22(33-5)20(31-3)11-15(17)7-8-28(18)23(29)24(25,26)27/h1,10-13,18H,7-9H2,2-5H3/t18-/m1/s1. The summed E-state index contributed by atoms with van der Waals surface area (Å²) in [6, 6.07) is 5.62. The van der Waals surface area contributed by atoms with E-state index in [2.05, 4.69) is 5.92 Å². The van der Waals surface area contributed by atoms with Crippen molar-refractivity contribution in [2.24, 2.45) is 0 Å². The van der Waals surface area contributed by atoms with Gasteiger partial charge in [-0.3, -0.25) is 4.79 Å². The van der Waals surface area contributed by atoms with Gasteiger partial charge in [0.05, 0.1) is 34.5 Å². The lowest BCUT2D eigenvalue weighted by molar-refractivity contribution is -0.188. The topological polar surface area (TPSA) is 57.2 Å². The van der Waals surface area contributed by atoms with Gasteiger partial charge in [-0.15, -0.1) is 6.42 Å². The molecule has 3 rings (SSSR count). The number of rotatable bonds is 6. The van der Waals surface area contributed by atoms with Crippen LogP contribution < -0.4 is 18.9 Å². The number of nitrogens with zero attached hydrogens (tertiary/aromatic N) is 1. The Labute approximate surface area is 190 Å². The molecular weight excluding hydrogens is 439 g/mol. The van der Waals surface area contributed by atoms with Crippen molar-refractivity contribution in [1.29, 1.82) is 0 Å². The first-order valence-electron chi connectivity index (χ1n) is 10.0. The number of methoxy groups -OCH3 is 4. The van der Waals surface area contributed by atoms with Crippen molar-refractivity contribution in [2.45, 2.75) is 25.1 Å². The Morgan fingerprint density at radius 3 is 2.09 bits per heavy atom. The number of alkyl halides is 3. The van der Waals surface area contributed by atoms with Gasteiger partial charge in [-0.2, -0.15) is 13.2 Å². The number of ether oxygens (including phenoxy) is 4. The molecule has 1 heterocycles. The van der Waals surface area contributed by atoms with Crippen LogP contribution in [0.15, 0.2) is 24.3 Å². The molecule has 1 aliphatic rings. The molecule has 1 atom stereocenters. The molecule has 9 heteroatoms. The lowest BCUT2D eigenvalue weighted by Gasteiger charge is -2.38. The highest BCUT2D eigenvalue weighted by Gasteiger charge is 2.46. The Balaban J connectivity index is 2.17. The second-order valence-electron chi connectivity index (χ2n) is 7.38. The zero-order chi connectivity index (χ0) is 24.3. The minimum absolute atomic E-state index is 0.0319. The normalized spacial score (nSPS) is 15.3. The van der Waals surface area contributed by atoms with Crippen LogP contribution in [0.4, 0.5) is 13.2 Å². The summed E-state index contributed by atoms with van der Waals surface area (Å²) in [6.45, 7) is -0.107. The first-order chi connectivity index (χ1) is 15.7. The third-order valence-corrected chi connectivity index (χ3v) is 5.68. The highest BCUT2D eigenvalue weighted by molar-refractivity contribution is 5.83. The quantitative estimate of drug-likeness (QED) is 0.608. The van der Waals surface area contributed by atoms with Crippen LogP contribution in [-0.2, 0) is 17.6 Å². The third-order valence-electron chi connectivity index (χ3n) is 5.68. The maximum Gasteiger partial charge on any atom is 0.471 e. The molecule has 33 heavy (non-hydrogen) atoms. The lowest BCUT2D eigenvalue weighted by atomic mass is 9.86. The molecule has 0 unspecified atom stereocenters. The van der Waals surface area contributed by atoms with Crippen molar-refractivity contribution in [3.63, 3.8) is 0 Å². The third kappa shape index (κ3) is 4.65. The first-order valence-corrected chi connectivity index (χ1v) is 10.0. The minimum Gasteiger partial charge on any atom is -0.493 e. The number of carbonyl (C=O) groups excluding carboxylic acids is 1. The van der Waals surface area contributed by atoms with Crippen molar-refractivity contribution < 1.29 is 36.9 Å². The predicted molar refractivity (Wildman–Crippen MR) is 115 cm³/mol. The van der Waals surface area contributed by atoms with Crippen LogP contribution in [0.1, 0.15) is 28.3 Å². The second-order valence-corrected chi connectivity index (χ2v) is 7.38. The summed E-state index contributed by atoms with van der Waals surface area (Å²) in [4.78, 5) is 13.2. The molecule has 1 amide bonds. The summed E-state index contributed by atoms with van der Waals surface area (Å²) < 4.78 is 61.6.